The standard InChI is InChI=1S/C47H84O5/c1-4-7-10-13-16-18-20-21-22-23-24-25-26-28-30-33-36-39-42-50-43-45(52-47(49)41-38-35-31-15-12-9-6-3)44-51-46(48)40-37-34-32-29-27-19-17-14-11-8-5-2/h7,10,16,18,21-22,24-25,45H,4-6,8-9,11-15,17,19-20,23,26-44H2,1-3H3/b10-7-,18-16-,22-21-,25-24-. The largest absolute Gasteiger partial charge is 0.462 e. The summed E-state index contributed by atoms with van der Waals surface area (Å²) in [5.74, 6) is -0.411. The second-order valence-corrected chi connectivity index (χ2v) is 14.6. The van der Waals surface area contributed by atoms with Crippen LogP contribution in [0.25, 0.3) is 0 Å². The summed E-state index contributed by atoms with van der Waals surface area (Å²) >= 11 is 0. The van der Waals surface area contributed by atoms with E-state index in [2.05, 4.69) is 69.4 Å². The van der Waals surface area contributed by atoms with Gasteiger partial charge in [0, 0.05) is 19.4 Å². The van der Waals surface area contributed by atoms with E-state index in [1.807, 2.05) is 0 Å². The Balaban J connectivity index is 4.17. The molecule has 5 nitrogen and oxygen atoms in total. The summed E-state index contributed by atoms with van der Waals surface area (Å²) in [7, 11) is 0. The lowest BCUT2D eigenvalue weighted by molar-refractivity contribution is -0.163. The van der Waals surface area contributed by atoms with Crippen LogP contribution in [0.15, 0.2) is 48.6 Å². The van der Waals surface area contributed by atoms with Gasteiger partial charge in [0.1, 0.15) is 6.61 Å². The van der Waals surface area contributed by atoms with Gasteiger partial charge in [0.2, 0.25) is 0 Å². The molecule has 0 aromatic carbocycles. The van der Waals surface area contributed by atoms with Gasteiger partial charge in [-0.2, -0.15) is 0 Å². The molecular formula is C47H84O5. The second kappa shape index (κ2) is 43.3. The molecule has 0 saturated heterocycles. The Morgan fingerprint density at radius 1 is 0.442 bits per heavy atom. The number of carbonyl (C=O) groups is 2. The molecule has 0 aliphatic heterocycles. The molecule has 0 rings (SSSR count). The van der Waals surface area contributed by atoms with Crippen molar-refractivity contribution in [1.29, 1.82) is 0 Å². The Morgan fingerprint density at radius 3 is 1.38 bits per heavy atom. The monoisotopic (exact) mass is 729 g/mol. The van der Waals surface area contributed by atoms with Gasteiger partial charge in [-0.05, 0) is 57.8 Å². The average molecular weight is 729 g/mol. The van der Waals surface area contributed by atoms with E-state index in [-0.39, 0.29) is 25.2 Å². The smallest absolute Gasteiger partial charge is 0.306 e. The first-order valence-corrected chi connectivity index (χ1v) is 22.2. The first-order chi connectivity index (χ1) is 25.6. The van der Waals surface area contributed by atoms with Crippen LogP contribution in [0.3, 0.4) is 0 Å². The molecule has 0 N–H and O–H groups in total. The second-order valence-electron chi connectivity index (χ2n) is 14.6. The molecule has 0 bridgehead atoms. The minimum atomic E-state index is -0.538. The molecule has 1 atom stereocenters. The zero-order valence-electron chi connectivity index (χ0n) is 34.6. The third-order valence-corrected chi connectivity index (χ3v) is 9.38. The quantitative estimate of drug-likeness (QED) is 0.0357. The van der Waals surface area contributed by atoms with Crippen LogP contribution in [-0.4, -0.2) is 37.9 Å². The molecule has 0 amide bonds. The number of allylic oxidation sites excluding steroid dienone is 8. The number of unbranched alkanes of at least 4 members (excludes halogenated alkanes) is 21. The molecule has 0 fully saturated rings. The molecule has 0 aliphatic rings. The van der Waals surface area contributed by atoms with Crippen molar-refractivity contribution < 1.29 is 23.8 Å². The van der Waals surface area contributed by atoms with Crippen LogP contribution < -0.4 is 0 Å². The number of hydrogen-bond acceptors (Lipinski definition) is 5. The molecule has 0 radical (unpaired) electrons. The maximum atomic E-state index is 12.6. The fourth-order valence-corrected chi connectivity index (χ4v) is 6.09. The van der Waals surface area contributed by atoms with Crippen molar-refractivity contribution in [2.75, 3.05) is 19.8 Å². The Bertz CT molecular complexity index is 873. The van der Waals surface area contributed by atoms with E-state index in [0.717, 1.165) is 70.6 Å². The van der Waals surface area contributed by atoms with Crippen molar-refractivity contribution in [2.24, 2.45) is 0 Å². The molecule has 0 heterocycles. The zero-order valence-corrected chi connectivity index (χ0v) is 34.6. The SMILES string of the molecule is CC/C=C\C/C=C\C/C=C\C/C=C\CCCCCCCOCC(COC(=O)CCCCCCCCCCCCC)OC(=O)CCCCCCCCC. The highest BCUT2D eigenvalue weighted by molar-refractivity contribution is 5.70. The number of ether oxygens (including phenoxy) is 3. The molecule has 52 heavy (non-hydrogen) atoms. The van der Waals surface area contributed by atoms with Crippen molar-refractivity contribution in [3.05, 3.63) is 48.6 Å². The van der Waals surface area contributed by atoms with Crippen LogP contribution in [0.2, 0.25) is 0 Å². The third-order valence-electron chi connectivity index (χ3n) is 9.38. The lowest BCUT2D eigenvalue weighted by Crippen LogP contribution is -2.30. The van der Waals surface area contributed by atoms with Gasteiger partial charge in [-0.15, -0.1) is 0 Å². The van der Waals surface area contributed by atoms with Crippen LogP contribution >= 0.6 is 0 Å². The van der Waals surface area contributed by atoms with Crippen molar-refractivity contribution in [3.63, 3.8) is 0 Å². The summed E-state index contributed by atoms with van der Waals surface area (Å²) < 4.78 is 17.2. The van der Waals surface area contributed by atoms with Gasteiger partial charge in [0.05, 0.1) is 6.61 Å². The first kappa shape index (κ1) is 49.9. The summed E-state index contributed by atoms with van der Waals surface area (Å²) in [4.78, 5) is 25.1. The number of hydrogen-bond donors (Lipinski definition) is 0. The lowest BCUT2D eigenvalue weighted by Gasteiger charge is -2.18. The van der Waals surface area contributed by atoms with Crippen LogP contribution in [0.1, 0.15) is 213 Å². The van der Waals surface area contributed by atoms with Crippen LogP contribution in [0.4, 0.5) is 0 Å². The predicted molar refractivity (Wildman–Crippen MR) is 224 cm³/mol. The van der Waals surface area contributed by atoms with Gasteiger partial charge in [-0.25, -0.2) is 0 Å². The van der Waals surface area contributed by atoms with E-state index in [1.54, 1.807) is 0 Å². The highest BCUT2D eigenvalue weighted by Gasteiger charge is 2.17. The minimum Gasteiger partial charge on any atom is -0.462 e. The normalized spacial score (nSPS) is 12.6. The van der Waals surface area contributed by atoms with E-state index in [4.69, 9.17) is 14.2 Å². The predicted octanol–water partition coefficient (Wildman–Crippen LogP) is 14.4. The lowest BCUT2D eigenvalue weighted by atomic mass is 10.1. The molecule has 0 aromatic rings. The summed E-state index contributed by atoms with van der Waals surface area (Å²) in [5, 5.41) is 0. The van der Waals surface area contributed by atoms with Crippen molar-refractivity contribution in [3.8, 4) is 0 Å². The Kier molecular flexibility index (Phi) is 41.5. The van der Waals surface area contributed by atoms with Crippen molar-refractivity contribution in [1.82, 2.24) is 0 Å². The van der Waals surface area contributed by atoms with Gasteiger partial charge in [0.15, 0.2) is 6.10 Å². The van der Waals surface area contributed by atoms with Crippen molar-refractivity contribution in [2.45, 2.75) is 219 Å². The van der Waals surface area contributed by atoms with Crippen LogP contribution in [-0.2, 0) is 23.8 Å². The number of esters is 2. The Morgan fingerprint density at radius 2 is 0.865 bits per heavy atom. The fraction of sp³-hybridized carbons (Fsp3) is 0.787. The Labute approximate surface area is 322 Å². The summed E-state index contributed by atoms with van der Waals surface area (Å²) in [6.45, 7) is 7.64. The molecule has 0 aromatic heterocycles. The summed E-state index contributed by atoms with van der Waals surface area (Å²) in [6, 6.07) is 0. The van der Waals surface area contributed by atoms with E-state index in [1.165, 1.54) is 109 Å². The van der Waals surface area contributed by atoms with Crippen LogP contribution in [0.5, 0.6) is 0 Å². The first-order valence-electron chi connectivity index (χ1n) is 22.2. The van der Waals surface area contributed by atoms with E-state index >= 15 is 0 Å². The molecule has 0 spiro atoms. The van der Waals surface area contributed by atoms with E-state index in [0.29, 0.717) is 19.4 Å². The molecule has 302 valence electrons. The van der Waals surface area contributed by atoms with Gasteiger partial charge in [-0.1, -0.05) is 191 Å². The maximum Gasteiger partial charge on any atom is 0.306 e. The summed E-state index contributed by atoms with van der Waals surface area (Å²) in [6.07, 6.45) is 51.2. The van der Waals surface area contributed by atoms with Gasteiger partial charge < -0.3 is 14.2 Å². The van der Waals surface area contributed by atoms with Gasteiger partial charge >= 0.3 is 11.9 Å². The number of rotatable bonds is 40. The fourth-order valence-electron chi connectivity index (χ4n) is 6.09. The highest BCUT2D eigenvalue weighted by atomic mass is 16.6. The number of carbonyl (C=O) groups excluding carboxylic acids is 2. The average Bonchev–Trinajstić information content (AvgIpc) is 3.14. The molecule has 5 heteroatoms. The molecule has 0 aliphatic carbocycles. The topological polar surface area (TPSA) is 61.8 Å². The summed E-state index contributed by atoms with van der Waals surface area (Å²) in [5.41, 5.74) is 0. The molecular weight excluding hydrogens is 645 g/mol. The van der Waals surface area contributed by atoms with Gasteiger partial charge in [0.25, 0.3) is 0 Å². The van der Waals surface area contributed by atoms with Crippen LogP contribution in [0, 0.1) is 0 Å². The van der Waals surface area contributed by atoms with Crippen molar-refractivity contribution >= 4 is 11.9 Å². The van der Waals surface area contributed by atoms with Gasteiger partial charge in [-0.3, -0.25) is 9.59 Å². The molecule has 0 saturated carbocycles. The van der Waals surface area contributed by atoms with E-state index in [9.17, 15) is 9.59 Å². The zero-order chi connectivity index (χ0) is 37.8. The maximum absolute atomic E-state index is 12.6. The third kappa shape index (κ3) is 40.6. The Hall–Kier alpha value is -2.14. The minimum absolute atomic E-state index is 0.0803. The van der Waals surface area contributed by atoms with E-state index < -0.39 is 6.10 Å². The highest BCUT2D eigenvalue weighted by Crippen LogP contribution is 2.14. The molecule has 1 unspecified atom stereocenters.